The van der Waals surface area contributed by atoms with E-state index in [9.17, 15) is 13.6 Å². The lowest BCUT2D eigenvalue weighted by molar-refractivity contribution is 0.112. The zero-order valence-electron chi connectivity index (χ0n) is 10.9. The highest BCUT2D eigenvalue weighted by atomic mass is 19.2. The molecule has 2 aromatic rings. The summed E-state index contributed by atoms with van der Waals surface area (Å²) in [5.74, 6) is -1.22. The third-order valence-electron chi connectivity index (χ3n) is 2.87. The second-order valence-electron chi connectivity index (χ2n) is 4.05. The number of benzene rings is 2. The van der Waals surface area contributed by atoms with Crippen LogP contribution in [0.15, 0.2) is 30.3 Å². The molecule has 0 aliphatic rings. The van der Waals surface area contributed by atoms with E-state index in [4.69, 9.17) is 9.47 Å². The van der Waals surface area contributed by atoms with Crippen LogP contribution in [0.5, 0.6) is 11.5 Å². The fourth-order valence-electron chi connectivity index (χ4n) is 1.93. The topological polar surface area (TPSA) is 35.5 Å². The molecule has 0 saturated heterocycles. The zero-order valence-corrected chi connectivity index (χ0v) is 10.9. The minimum absolute atomic E-state index is 0.344. The van der Waals surface area contributed by atoms with Gasteiger partial charge in [0, 0.05) is 11.1 Å². The number of ether oxygens (including phenoxy) is 2. The van der Waals surface area contributed by atoms with E-state index < -0.39 is 11.6 Å². The number of aldehydes is 1. The Morgan fingerprint density at radius 3 is 2.30 bits per heavy atom. The smallest absolute Gasteiger partial charge is 0.168 e. The lowest BCUT2D eigenvalue weighted by Gasteiger charge is -2.14. The minimum Gasteiger partial charge on any atom is -0.493 e. The number of hydrogen-bond donors (Lipinski definition) is 0. The van der Waals surface area contributed by atoms with Gasteiger partial charge in [-0.1, -0.05) is 6.07 Å². The van der Waals surface area contributed by atoms with Crippen LogP contribution >= 0.6 is 0 Å². The van der Waals surface area contributed by atoms with Gasteiger partial charge in [-0.25, -0.2) is 8.78 Å². The predicted molar refractivity (Wildman–Crippen MR) is 70.3 cm³/mol. The molecule has 0 amide bonds. The maximum atomic E-state index is 13.3. The number of carbonyl (C=O) groups is 1. The molecule has 0 aromatic heterocycles. The van der Waals surface area contributed by atoms with Gasteiger partial charge in [0.25, 0.3) is 0 Å². The first-order valence-electron chi connectivity index (χ1n) is 5.77. The maximum absolute atomic E-state index is 13.3. The Balaban J connectivity index is 2.70. The van der Waals surface area contributed by atoms with Gasteiger partial charge in [-0.2, -0.15) is 0 Å². The molecule has 0 aliphatic carbocycles. The molecule has 0 N–H and O–H groups in total. The SMILES string of the molecule is COc1cc(C=O)cc(-c2ccc(F)c(F)c2)c1OC. The third-order valence-corrected chi connectivity index (χ3v) is 2.87. The zero-order chi connectivity index (χ0) is 14.7. The van der Waals surface area contributed by atoms with Gasteiger partial charge in [-0.05, 0) is 29.8 Å². The molecule has 2 aromatic carbocycles. The lowest BCUT2D eigenvalue weighted by Crippen LogP contribution is -1.96. The van der Waals surface area contributed by atoms with Crippen LogP contribution in [0.2, 0.25) is 0 Å². The second-order valence-corrected chi connectivity index (χ2v) is 4.05. The molecule has 0 atom stereocenters. The summed E-state index contributed by atoms with van der Waals surface area (Å²) in [5, 5.41) is 0. The Morgan fingerprint density at radius 1 is 1.00 bits per heavy atom. The average molecular weight is 278 g/mol. The molecule has 0 aliphatic heterocycles. The number of rotatable bonds is 4. The van der Waals surface area contributed by atoms with Crippen molar-refractivity contribution >= 4 is 6.29 Å². The molecule has 0 radical (unpaired) electrons. The highest BCUT2D eigenvalue weighted by molar-refractivity contribution is 5.84. The number of halogens is 2. The van der Waals surface area contributed by atoms with E-state index in [1.54, 1.807) is 0 Å². The molecule has 0 fully saturated rings. The monoisotopic (exact) mass is 278 g/mol. The van der Waals surface area contributed by atoms with Crippen molar-refractivity contribution in [1.29, 1.82) is 0 Å². The predicted octanol–water partition coefficient (Wildman–Crippen LogP) is 3.46. The van der Waals surface area contributed by atoms with Crippen LogP contribution < -0.4 is 9.47 Å². The first-order chi connectivity index (χ1) is 9.60. The maximum Gasteiger partial charge on any atom is 0.168 e. The van der Waals surface area contributed by atoms with E-state index in [0.29, 0.717) is 34.5 Å². The first kappa shape index (κ1) is 14.0. The molecule has 0 bridgehead atoms. The van der Waals surface area contributed by atoms with Crippen molar-refractivity contribution in [3.8, 4) is 22.6 Å². The molecular weight excluding hydrogens is 266 g/mol. The normalized spacial score (nSPS) is 10.2. The van der Waals surface area contributed by atoms with E-state index in [2.05, 4.69) is 0 Å². The standard InChI is InChI=1S/C15H12F2O3/c1-19-14-6-9(8-18)5-11(15(14)20-2)10-3-4-12(16)13(17)7-10/h3-8H,1-2H3. The summed E-state index contributed by atoms with van der Waals surface area (Å²) >= 11 is 0. The Morgan fingerprint density at radius 2 is 1.75 bits per heavy atom. The van der Waals surface area contributed by atoms with Gasteiger partial charge in [0.2, 0.25) is 0 Å². The van der Waals surface area contributed by atoms with Crippen molar-refractivity contribution in [2.75, 3.05) is 14.2 Å². The fraction of sp³-hybridized carbons (Fsp3) is 0.133. The van der Waals surface area contributed by atoms with E-state index >= 15 is 0 Å². The molecule has 3 nitrogen and oxygen atoms in total. The van der Waals surface area contributed by atoms with Crippen LogP contribution in [0.25, 0.3) is 11.1 Å². The molecule has 0 spiro atoms. The number of hydrogen-bond acceptors (Lipinski definition) is 3. The summed E-state index contributed by atoms with van der Waals surface area (Å²) in [5.41, 5.74) is 1.19. The van der Waals surface area contributed by atoms with Crippen LogP contribution in [-0.2, 0) is 0 Å². The van der Waals surface area contributed by atoms with E-state index in [-0.39, 0.29) is 0 Å². The molecule has 0 heterocycles. The van der Waals surface area contributed by atoms with E-state index in [1.165, 1.54) is 32.4 Å². The van der Waals surface area contributed by atoms with Gasteiger partial charge in [-0.15, -0.1) is 0 Å². The summed E-state index contributed by atoms with van der Waals surface area (Å²) in [6, 6.07) is 6.51. The van der Waals surface area contributed by atoms with E-state index in [0.717, 1.165) is 12.1 Å². The van der Waals surface area contributed by atoms with E-state index in [1.807, 2.05) is 0 Å². The Labute approximate surface area is 114 Å². The van der Waals surface area contributed by atoms with Crippen LogP contribution in [0.1, 0.15) is 10.4 Å². The molecular formula is C15H12F2O3. The molecule has 20 heavy (non-hydrogen) atoms. The lowest BCUT2D eigenvalue weighted by atomic mass is 10.0. The minimum atomic E-state index is -0.972. The van der Waals surface area contributed by atoms with Crippen molar-refractivity contribution in [2.45, 2.75) is 0 Å². The van der Waals surface area contributed by atoms with Crippen molar-refractivity contribution in [1.82, 2.24) is 0 Å². The summed E-state index contributed by atoms with van der Waals surface area (Å²) in [6.07, 6.45) is 0.644. The number of methoxy groups -OCH3 is 2. The Kier molecular flexibility index (Phi) is 3.98. The van der Waals surface area contributed by atoms with Gasteiger partial charge in [0.05, 0.1) is 14.2 Å². The van der Waals surface area contributed by atoms with Gasteiger partial charge in [0.1, 0.15) is 6.29 Å². The first-order valence-corrected chi connectivity index (χ1v) is 5.77. The fourth-order valence-corrected chi connectivity index (χ4v) is 1.93. The van der Waals surface area contributed by atoms with Crippen molar-refractivity contribution in [2.24, 2.45) is 0 Å². The Bertz CT molecular complexity index is 654. The highest BCUT2D eigenvalue weighted by Gasteiger charge is 2.15. The number of carbonyl (C=O) groups excluding carboxylic acids is 1. The summed E-state index contributed by atoms with van der Waals surface area (Å²) in [7, 11) is 2.86. The largest absolute Gasteiger partial charge is 0.493 e. The van der Waals surface area contributed by atoms with Crippen LogP contribution in [0, 0.1) is 11.6 Å². The Hall–Kier alpha value is -2.43. The molecule has 104 valence electrons. The van der Waals surface area contributed by atoms with Crippen molar-refractivity contribution in [3.05, 3.63) is 47.5 Å². The average Bonchev–Trinajstić information content (AvgIpc) is 2.48. The highest BCUT2D eigenvalue weighted by Crippen LogP contribution is 2.39. The second kappa shape index (κ2) is 5.69. The molecule has 0 saturated carbocycles. The van der Waals surface area contributed by atoms with Crippen LogP contribution in [0.3, 0.4) is 0 Å². The van der Waals surface area contributed by atoms with Crippen LogP contribution in [-0.4, -0.2) is 20.5 Å². The molecule has 0 unspecified atom stereocenters. The van der Waals surface area contributed by atoms with Crippen molar-refractivity contribution < 1.29 is 23.0 Å². The summed E-state index contributed by atoms with van der Waals surface area (Å²) in [4.78, 5) is 10.9. The van der Waals surface area contributed by atoms with Gasteiger partial charge >= 0.3 is 0 Å². The van der Waals surface area contributed by atoms with Gasteiger partial charge in [0.15, 0.2) is 23.1 Å². The molecule has 5 heteroatoms. The summed E-state index contributed by atoms with van der Waals surface area (Å²) < 4.78 is 36.7. The van der Waals surface area contributed by atoms with Crippen LogP contribution in [0.4, 0.5) is 8.78 Å². The van der Waals surface area contributed by atoms with Gasteiger partial charge < -0.3 is 9.47 Å². The van der Waals surface area contributed by atoms with Crippen molar-refractivity contribution in [3.63, 3.8) is 0 Å². The third kappa shape index (κ3) is 2.47. The molecule has 2 rings (SSSR count). The summed E-state index contributed by atoms with van der Waals surface area (Å²) in [6.45, 7) is 0. The quantitative estimate of drug-likeness (QED) is 0.803. The van der Waals surface area contributed by atoms with Gasteiger partial charge in [-0.3, -0.25) is 4.79 Å².